The maximum absolute atomic E-state index is 9.92. The molecule has 144 valence electrons. The molecule has 2 aromatic heterocycles. The van der Waals surface area contributed by atoms with E-state index in [1.807, 2.05) is 0 Å². The van der Waals surface area contributed by atoms with Crippen molar-refractivity contribution < 1.29 is 4.42 Å². The van der Waals surface area contributed by atoms with Gasteiger partial charge < -0.3 is 14.2 Å². The zero-order valence-corrected chi connectivity index (χ0v) is 17.3. The Balaban J connectivity index is 1.78. The summed E-state index contributed by atoms with van der Waals surface area (Å²) in [5, 5.41) is 14.2. The van der Waals surface area contributed by atoms with Gasteiger partial charge in [0.2, 0.25) is 0 Å². The molecule has 1 saturated carbocycles. The second-order valence-electron chi connectivity index (χ2n) is 8.20. The van der Waals surface area contributed by atoms with E-state index in [9.17, 15) is 5.26 Å². The molecule has 1 aliphatic heterocycles. The topological polar surface area (TPSA) is 56.3 Å². The molecule has 3 aromatic rings. The van der Waals surface area contributed by atoms with Gasteiger partial charge in [0.15, 0.2) is 11.5 Å². The van der Waals surface area contributed by atoms with Gasteiger partial charge in [-0.05, 0) is 68.2 Å². The normalized spacial score (nSPS) is 19.7. The van der Waals surface area contributed by atoms with Crippen LogP contribution in [0.3, 0.4) is 0 Å². The molecule has 0 bridgehead atoms. The van der Waals surface area contributed by atoms with Crippen LogP contribution < -0.4 is 4.90 Å². The highest BCUT2D eigenvalue weighted by molar-refractivity contribution is 7.08. The molecule has 0 amide bonds. The van der Waals surface area contributed by atoms with Gasteiger partial charge in [0.25, 0.3) is 0 Å². The van der Waals surface area contributed by atoms with E-state index < -0.39 is 0 Å². The zero-order chi connectivity index (χ0) is 19.4. The second-order valence-corrected chi connectivity index (χ2v) is 8.98. The van der Waals surface area contributed by atoms with Crippen LogP contribution in [-0.2, 0) is 0 Å². The number of nitriles is 1. The van der Waals surface area contributed by atoms with E-state index in [4.69, 9.17) is 9.40 Å². The van der Waals surface area contributed by atoms with Gasteiger partial charge >= 0.3 is 0 Å². The monoisotopic (exact) mass is 392 g/mol. The average molecular weight is 393 g/mol. The Morgan fingerprint density at radius 1 is 1.32 bits per heavy atom. The highest BCUT2D eigenvalue weighted by Gasteiger charge is 2.34. The first kappa shape index (κ1) is 17.7. The van der Waals surface area contributed by atoms with Gasteiger partial charge in [-0.15, -0.1) is 0 Å². The number of hydrogen-bond acceptors (Lipinski definition) is 6. The Bertz CT molecular complexity index is 1070. The van der Waals surface area contributed by atoms with Crippen molar-refractivity contribution >= 4 is 28.1 Å². The van der Waals surface area contributed by atoms with Gasteiger partial charge in [0, 0.05) is 30.6 Å². The molecule has 1 aliphatic carbocycles. The Labute approximate surface area is 169 Å². The number of likely N-dealkylation sites (N-methyl/N-ethyl adjacent to an activating group) is 1. The summed E-state index contributed by atoms with van der Waals surface area (Å²) in [4.78, 5) is 9.53. The number of nitrogens with zero attached hydrogens (tertiary/aromatic N) is 4. The van der Waals surface area contributed by atoms with Gasteiger partial charge in [0.05, 0.1) is 11.3 Å². The van der Waals surface area contributed by atoms with Crippen LogP contribution in [0.25, 0.3) is 22.2 Å². The van der Waals surface area contributed by atoms with E-state index in [1.165, 1.54) is 0 Å². The maximum Gasteiger partial charge on any atom is 0.198 e. The average Bonchev–Trinajstić information content (AvgIpc) is 3.09. The van der Waals surface area contributed by atoms with Crippen LogP contribution >= 0.6 is 11.3 Å². The predicted molar refractivity (Wildman–Crippen MR) is 113 cm³/mol. The maximum atomic E-state index is 9.92. The number of fused-ring (bicyclic) bond motifs is 1. The molecule has 6 heteroatoms. The number of aromatic nitrogens is 1. The summed E-state index contributed by atoms with van der Waals surface area (Å²) < 4.78 is 6.35. The van der Waals surface area contributed by atoms with Crippen LogP contribution in [0.15, 0.2) is 21.2 Å². The van der Waals surface area contributed by atoms with E-state index >= 15 is 0 Å². The Morgan fingerprint density at radius 2 is 2.14 bits per heavy atom. The van der Waals surface area contributed by atoms with Gasteiger partial charge in [-0.2, -0.15) is 16.6 Å². The van der Waals surface area contributed by atoms with Crippen LogP contribution in [0.1, 0.15) is 42.2 Å². The Kier molecular flexibility index (Phi) is 4.18. The largest absolute Gasteiger partial charge is 0.438 e. The summed E-state index contributed by atoms with van der Waals surface area (Å²) in [6.07, 6.45) is 3.39. The quantitative estimate of drug-likeness (QED) is 0.641. The van der Waals surface area contributed by atoms with Gasteiger partial charge in [-0.3, -0.25) is 0 Å². The summed E-state index contributed by atoms with van der Waals surface area (Å²) in [5.41, 5.74) is 6.60. The molecule has 0 unspecified atom stereocenters. The van der Waals surface area contributed by atoms with Crippen molar-refractivity contribution in [3.8, 4) is 17.2 Å². The van der Waals surface area contributed by atoms with Crippen molar-refractivity contribution in [2.75, 3.05) is 32.1 Å². The van der Waals surface area contributed by atoms with Crippen LogP contribution in [0.5, 0.6) is 0 Å². The summed E-state index contributed by atoms with van der Waals surface area (Å²) in [6, 6.07) is 5.07. The lowest BCUT2D eigenvalue weighted by Gasteiger charge is -2.25. The second kappa shape index (κ2) is 6.61. The van der Waals surface area contributed by atoms with Crippen molar-refractivity contribution in [2.24, 2.45) is 0 Å². The third-order valence-corrected chi connectivity index (χ3v) is 6.82. The van der Waals surface area contributed by atoms with E-state index in [0.717, 1.165) is 71.7 Å². The van der Waals surface area contributed by atoms with Crippen molar-refractivity contribution in [2.45, 2.75) is 38.1 Å². The molecule has 2 fully saturated rings. The lowest BCUT2D eigenvalue weighted by atomic mass is 9.94. The third-order valence-electron chi connectivity index (χ3n) is 6.14. The molecular formula is C22H24N4OS. The van der Waals surface area contributed by atoms with E-state index in [-0.39, 0.29) is 0 Å². The Morgan fingerprint density at radius 3 is 2.75 bits per heavy atom. The minimum absolute atomic E-state index is 0.421. The summed E-state index contributed by atoms with van der Waals surface area (Å²) in [7, 11) is 4.29. The molecule has 3 heterocycles. The highest BCUT2D eigenvalue weighted by atomic mass is 32.1. The fourth-order valence-electron chi connectivity index (χ4n) is 4.33. The molecule has 5 rings (SSSR count). The van der Waals surface area contributed by atoms with Crippen molar-refractivity contribution in [1.29, 1.82) is 5.26 Å². The molecule has 0 N–H and O–H groups in total. The molecule has 28 heavy (non-hydrogen) atoms. The number of oxazole rings is 1. The Hall–Kier alpha value is -2.36. The fraction of sp³-hybridized carbons (Fsp3) is 0.455. The SMILES string of the molecule is Cc1c(-c2ccsc2)c(N2CC[C@H](N(C)C)C2)c2oc(C3CC3)nc2c1C#N. The minimum Gasteiger partial charge on any atom is -0.438 e. The molecule has 1 atom stereocenters. The van der Waals surface area contributed by atoms with E-state index in [1.54, 1.807) is 11.3 Å². The van der Waals surface area contributed by atoms with Gasteiger partial charge in [0.1, 0.15) is 11.6 Å². The van der Waals surface area contributed by atoms with E-state index in [2.05, 4.69) is 53.7 Å². The number of hydrogen-bond donors (Lipinski definition) is 0. The lowest BCUT2D eigenvalue weighted by Crippen LogP contribution is -2.31. The predicted octanol–water partition coefficient (Wildman–Crippen LogP) is 4.75. The fourth-order valence-corrected chi connectivity index (χ4v) is 4.98. The van der Waals surface area contributed by atoms with E-state index in [0.29, 0.717) is 17.5 Å². The molecule has 1 aromatic carbocycles. The first-order valence-corrected chi connectivity index (χ1v) is 10.8. The first-order valence-electron chi connectivity index (χ1n) is 9.89. The molecule has 0 spiro atoms. The van der Waals surface area contributed by atoms with Crippen molar-refractivity contribution in [3.63, 3.8) is 0 Å². The van der Waals surface area contributed by atoms with Crippen molar-refractivity contribution in [1.82, 2.24) is 9.88 Å². The first-order chi connectivity index (χ1) is 13.6. The molecule has 1 saturated heterocycles. The number of rotatable bonds is 4. The van der Waals surface area contributed by atoms with Gasteiger partial charge in [-0.1, -0.05) is 0 Å². The summed E-state index contributed by atoms with van der Waals surface area (Å²) in [5.74, 6) is 1.22. The van der Waals surface area contributed by atoms with Crippen molar-refractivity contribution in [3.05, 3.63) is 33.8 Å². The number of thiophene rings is 1. The number of anilines is 1. The minimum atomic E-state index is 0.421. The smallest absolute Gasteiger partial charge is 0.198 e. The highest BCUT2D eigenvalue weighted by Crippen LogP contribution is 2.47. The zero-order valence-electron chi connectivity index (χ0n) is 16.5. The third kappa shape index (κ3) is 2.73. The summed E-state index contributed by atoms with van der Waals surface area (Å²) >= 11 is 1.68. The molecular weight excluding hydrogens is 368 g/mol. The lowest BCUT2D eigenvalue weighted by molar-refractivity contribution is 0.315. The van der Waals surface area contributed by atoms with Crippen LogP contribution in [0.2, 0.25) is 0 Å². The molecule has 5 nitrogen and oxygen atoms in total. The van der Waals surface area contributed by atoms with Crippen LogP contribution in [0, 0.1) is 18.3 Å². The number of benzene rings is 1. The standard InChI is InChI=1S/C22H24N4OS/c1-13-17(10-23)19-21(27-22(24-19)14-4-5-14)20(18(13)15-7-9-28-12-15)26-8-6-16(11-26)25(2)3/h7,9,12,14,16H,4-6,8,11H2,1-3H3/t16-/m0/s1. The molecule has 2 aliphatic rings. The molecule has 0 radical (unpaired) electrons. The summed E-state index contributed by atoms with van der Waals surface area (Å²) in [6.45, 7) is 4.00. The van der Waals surface area contributed by atoms with Gasteiger partial charge in [-0.25, -0.2) is 4.98 Å². The van der Waals surface area contributed by atoms with Crippen LogP contribution in [0.4, 0.5) is 5.69 Å². The van der Waals surface area contributed by atoms with Crippen LogP contribution in [-0.4, -0.2) is 43.1 Å².